The zero-order valence-corrected chi connectivity index (χ0v) is 24.7. The van der Waals surface area contributed by atoms with Gasteiger partial charge >= 0.3 is 0 Å². The van der Waals surface area contributed by atoms with Gasteiger partial charge in [0.2, 0.25) is 10.8 Å². The lowest BCUT2D eigenvalue weighted by Crippen LogP contribution is -2.83. The topological polar surface area (TPSA) is 190 Å². The molecule has 0 bridgehead atoms. The van der Waals surface area contributed by atoms with Gasteiger partial charge in [0, 0.05) is 0 Å². The van der Waals surface area contributed by atoms with Gasteiger partial charge in [-0.2, -0.15) is 0 Å². The van der Waals surface area contributed by atoms with Crippen LogP contribution < -0.4 is 0 Å². The summed E-state index contributed by atoms with van der Waals surface area (Å²) in [5, 5.41) is 82.6. The first-order valence-corrected chi connectivity index (χ1v) is 14.6. The maximum absolute atomic E-state index is 13.2. The number of rotatable bonds is 9. The van der Waals surface area contributed by atoms with Crippen LogP contribution in [-0.4, -0.2) is 113 Å². The van der Waals surface area contributed by atoms with Gasteiger partial charge < -0.3 is 50.3 Å². The summed E-state index contributed by atoms with van der Waals surface area (Å²) in [5.41, 5.74) is -4.11. The Morgan fingerprint density at radius 3 is 1.45 bits per heavy atom. The van der Waals surface area contributed by atoms with Crippen LogP contribution >= 0.6 is 23.2 Å². The second-order valence-corrected chi connectivity index (χ2v) is 11.9. The first-order valence-electron chi connectivity index (χ1n) is 13.8. The van der Waals surface area contributed by atoms with Crippen molar-refractivity contribution in [1.29, 1.82) is 0 Å². The second kappa shape index (κ2) is 12.2. The molecule has 0 aliphatic carbocycles. The predicted molar refractivity (Wildman–Crippen MR) is 156 cm³/mol. The summed E-state index contributed by atoms with van der Waals surface area (Å²) in [6, 6.07) is 25.0. The summed E-state index contributed by atoms with van der Waals surface area (Å²) in [6.45, 7) is -3.01. The molecule has 0 aromatic heterocycles. The van der Waals surface area contributed by atoms with Crippen molar-refractivity contribution >= 4 is 23.2 Å². The number of aliphatic hydroxyl groups is 8. The number of hydrogen-bond donors (Lipinski definition) is 8. The van der Waals surface area contributed by atoms with Gasteiger partial charge in [0.25, 0.3) is 5.25 Å². The van der Waals surface area contributed by atoms with Gasteiger partial charge in [0.15, 0.2) is 5.60 Å². The third kappa shape index (κ3) is 4.63. The van der Waals surface area contributed by atoms with Crippen LogP contribution in [0.4, 0.5) is 0 Å². The molecule has 11 nitrogen and oxygen atoms in total. The molecule has 44 heavy (non-hydrogen) atoms. The van der Waals surface area contributed by atoms with E-state index in [2.05, 4.69) is 0 Å². The molecule has 3 aromatic carbocycles. The van der Waals surface area contributed by atoms with E-state index < -0.39 is 77.5 Å². The van der Waals surface area contributed by atoms with Crippen molar-refractivity contribution in [2.45, 2.75) is 57.6 Å². The van der Waals surface area contributed by atoms with Crippen LogP contribution in [-0.2, 0) is 19.6 Å². The van der Waals surface area contributed by atoms with Gasteiger partial charge in [-0.05, 0) is 16.7 Å². The summed E-state index contributed by atoms with van der Waals surface area (Å²) in [4.78, 5) is 0. The molecule has 0 amide bonds. The highest BCUT2D eigenvalue weighted by Crippen LogP contribution is 2.62. The largest absolute Gasteiger partial charge is 0.394 e. The molecule has 0 radical (unpaired) electrons. The summed E-state index contributed by atoms with van der Waals surface area (Å²) in [5.74, 6) is -2.67. The molecule has 2 aliphatic heterocycles. The lowest BCUT2D eigenvalue weighted by Gasteiger charge is -2.62. The molecule has 9 atom stereocenters. The Bertz CT molecular complexity index is 1300. The lowest BCUT2D eigenvalue weighted by molar-refractivity contribution is -0.430. The van der Waals surface area contributed by atoms with Gasteiger partial charge in [0.05, 0.1) is 18.6 Å². The van der Waals surface area contributed by atoms with Crippen LogP contribution in [0, 0.1) is 0 Å². The van der Waals surface area contributed by atoms with E-state index in [-0.39, 0.29) is 0 Å². The van der Waals surface area contributed by atoms with E-state index in [1.807, 2.05) is 0 Å². The molecule has 1 unspecified atom stereocenters. The van der Waals surface area contributed by atoms with Gasteiger partial charge in [0.1, 0.15) is 37.1 Å². The van der Waals surface area contributed by atoms with Gasteiger partial charge in [-0.25, -0.2) is 0 Å². The van der Waals surface area contributed by atoms with Crippen LogP contribution in [0.3, 0.4) is 0 Å². The van der Waals surface area contributed by atoms with Gasteiger partial charge in [-0.15, -0.1) is 0 Å². The normalized spacial score (nSPS) is 37.6. The van der Waals surface area contributed by atoms with Crippen LogP contribution in [0.5, 0.6) is 0 Å². The lowest BCUT2D eigenvalue weighted by atomic mass is 9.54. The van der Waals surface area contributed by atoms with E-state index in [0.717, 1.165) is 0 Å². The van der Waals surface area contributed by atoms with Gasteiger partial charge in [-0.3, -0.25) is 4.74 Å². The third-order valence-corrected chi connectivity index (χ3v) is 9.64. The Kier molecular flexibility index (Phi) is 9.19. The summed E-state index contributed by atoms with van der Waals surface area (Å²) < 4.78 is 16.9. The summed E-state index contributed by atoms with van der Waals surface area (Å²) in [6.07, 6.45) is -9.35. The fourth-order valence-corrected chi connectivity index (χ4v) is 7.15. The standard InChI is InChI=1S/C31H34Cl2O11/c32-30(41)29(40,25(38)23(17-35)43-31(30,33)44-27(18-36)26(39)24(37)22(16-34)42-27)28(19-10-4-1-5-11-19,20-12-6-2-7-13-20)21-14-8-3-9-15-21/h1-15,22-26,34-41H,16-18H2/t22-,23-,24-,25-,26+,27?,29-,30-,31-/m1/s1. The molecular weight excluding hydrogens is 619 g/mol. The van der Waals surface area contributed by atoms with Crippen molar-refractivity contribution in [2.24, 2.45) is 0 Å². The number of hydrogen-bond acceptors (Lipinski definition) is 11. The Hall–Kier alpha value is -2.20. The molecule has 0 saturated carbocycles. The monoisotopic (exact) mass is 652 g/mol. The Morgan fingerprint density at radius 2 is 1.09 bits per heavy atom. The molecule has 2 fully saturated rings. The molecule has 5 rings (SSSR count). The third-order valence-electron chi connectivity index (χ3n) is 8.57. The summed E-state index contributed by atoms with van der Waals surface area (Å²) >= 11 is 13.8. The number of benzene rings is 3. The van der Waals surface area contributed by atoms with E-state index in [0.29, 0.717) is 16.7 Å². The van der Waals surface area contributed by atoms with E-state index in [1.165, 1.54) is 0 Å². The van der Waals surface area contributed by atoms with Crippen molar-refractivity contribution in [2.75, 3.05) is 19.8 Å². The van der Waals surface area contributed by atoms with Crippen LogP contribution in [0.2, 0.25) is 0 Å². The fourth-order valence-electron chi connectivity index (χ4n) is 6.43. The number of halogens is 2. The van der Waals surface area contributed by atoms with Crippen LogP contribution in [0.15, 0.2) is 91.0 Å². The Labute approximate surface area is 263 Å². The quantitative estimate of drug-likeness (QED) is 0.116. The maximum Gasteiger partial charge on any atom is 0.299 e. The molecule has 2 aliphatic rings. The van der Waals surface area contributed by atoms with Crippen molar-refractivity contribution in [3.05, 3.63) is 108 Å². The average molecular weight is 654 g/mol. The highest BCUT2D eigenvalue weighted by atomic mass is 35.5. The summed E-state index contributed by atoms with van der Waals surface area (Å²) in [7, 11) is 0. The zero-order chi connectivity index (χ0) is 32.0. The minimum Gasteiger partial charge on any atom is -0.394 e. The zero-order valence-electron chi connectivity index (χ0n) is 23.2. The average Bonchev–Trinajstić information content (AvgIpc) is 3.29. The minimum absolute atomic E-state index is 0.320. The van der Waals surface area contributed by atoms with Crippen molar-refractivity contribution < 1.29 is 55.1 Å². The molecule has 2 saturated heterocycles. The van der Waals surface area contributed by atoms with E-state index in [9.17, 15) is 40.9 Å². The van der Waals surface area contributed by atoms with Crippen molar-refractivity contribution in [3.63, 3.8) is 0 Å². The number of ether oxygens (including phenoxy) is 3. The van der Waals surface area contributed by atoms with Crippen LogP contribution in [0.1, 0.15) is 16.7 Å². The molecule has 238 valence electrons. The molecular formula is C31H34Cl2O11. The smallest absolute Gasteiger partial charge is 0.299 e. The number of alkyl halides is 2. The van der Waals surface area contributed by atoms with Crippen LogP contribution in [0.25, 0.3) is 0 Å². The fraction of sp³-hybridized carbons (Fsp3) is 0.419. The van der Waals surface area contributed by atoms with E-state index >= 15 is 0 Å². The Balaban J connectivity index is 1.84. The first kappa shape index (κ1) is 33.2. The SMILES string of the molecule is OC[C@H]1OC(CO)(O[C@]2(Cl)O[C@H](CO)[C@@H](O)[C@@](O)(C(c3ccccc3)(c3ccccc3)c3ccccc3)[C@]2(O)Cl)[C@@H](O)[C@@H]1O. The highest BCUT2D eigenvalue weighted by Gasteiger charge is 2.80. The number of aliphatic hydroxyl groups excluding tert-OH is 6. The van der Waals surface area contributed by atoms with E-state index in [4.69, 9.17) is 37.4 Å². The van der Waals surface area contributed by atoms with E-state index in [1.54, 1.807) is 91.0 Å². The molecule has 3 aromatic rings. The first-order chi connectivity index (χ1) is 20.9. The minimum atomic E-state index is -3.43. The molecule has 13 heteroatoms. The highest BCUT2D eigenvalue weighted by molar-refractivity contribution is 6.33. The van der Waals surface area contributed by atoms with Gasteiger partial charge in [-0.1, -0.05) is 114 Å². The second-order valence-electron chi connectivity index (χ2n) is 10.9. The predicted octanol–water partition coefficient (Wildman–Crippen LogP) is 0.142. The molecule has 2 heterocycles. The Morgan fingerprint density at radius 1 is 0.659 bits per heavy atom. The van der Waals surface area contributed by atoms with Crippen molar-refractivity contribution in [1.82, 2.24) is 0 Å². The van der Waals surface area contributed by atoms with Crippen molar-refractivity contribution in [3.8, 4) is 0 Å². The molecule has 8 N–H and O–H groups in total. The molecule has 0 spiro atoms. The maximum atomic E-state index is 13.2.